The van der Waals surface area contributed by atoms with Gasteiger partial charge in [-0.25, -0.2) is 4.39 Å². The molecule has 0 fully saturated rings. The standard InChI is InChI=1S/C14H10Cl3F/c15-12-5-4-9(7-14(12)17)6-13(16)10-2-1-3-11(18)8-10/h1-5,7-8,13H,6H2. The van der Waals surface area contributed by atoms with Crippen molar-refractivity contribution in [2.75, 3.05) is 0 Å². The second-order valence-electron chi connectivity index (χ2n) is 3.98. The van der Waals surface area contributed by atoms with E-state index >= 15 is 0 Å². The normalized spacial score (nSPS) is 12.4. The highest BCUT2D eigenvalue weighted by molar-refractivity contribution is 6.42. The first-order valence-corrected chi connectivity index (χ1v) is 6.59. The lowest BCUT2D eigenvalue weighted by Gasteiger charge is -2.10. The van der Waals surface area contributed by atoms with Gasteiger partial charge in [0, 0.05) is 0 Å². The van der Waals surface area contributed by atoms with Crippen LogP contribution in [0.15, 0.2) is 42.5 Å². The largest absolute Gasteiger partial charge is 0.207 e. The molecule has 2 aromatic rings. The van der Waals surface area contributed by atoms with E-state index in [4.69, 9.17) is 34.8 Å². The summed E-state index contributed by atoms with van der Waals surface area (Å²) in [7, 11) is 0. The zero-order chi connectivity index (χ0) is 13.1. The van der Waals surface area contributed by atoms with Crippen LogP contribution in [0.1, 0.15) is 16.5 Å². The van der Waals surface area contributed by atoms with Crippen LogP contribution in [0.3, 0.4) is 0 Å². The quantitative estimate of drug-likeness (QED) is 0.642. The molecule has 0 radical (unpaired) electrons. The minimum Gasteiger partial charge on any atom is -0.207 e. The zero-order valence-corrected chi connectivity index (χ0v) is 11.6. The second-order valence-corrected chi connectivity index (χ2v) is 5.32. The maximum atomic E-state index is 13.1. The maximum Gasteiger partial charge on any atom is 0.123 e. The third-order valence-corrected chi connectivity index (χ3v) is 3.75. The molecule has 0 aliphatic rings. The minimum atomic E-state index is -0.294. The molecular weight excluding hydrogens is 294 g/mol. The SMILES string of the molecule is Fc1cccc(C(Cl)Cc2ccc(Cl)c(Cl)c2)c1. The highest BCUT2D eigenvalue weighted by Crippen LogP contribution is 2.28. The second kappa shape index (κ2) is 5.92. The molecule has 0 aromatic heterocycles. The molecule has 0 amide bonds. The highest BCUT2D eigenvalue weighted by Gasteiger charge is 2.10. The monoisotopic (exact) mass is 302 g/mol. The summed E-state index contributed by atoms with van der Waals surface area (Å²) in [4.78, 5) is 0. The van der Waals surface area contributed by atoms with E-state index in [1.165, 1.54) is 12.1 Å². The molecular formula is C14H10Cl3F. The topological polar surface area (TPSA) is 0 Å². The Labute approximate surface area is 120 Å². The molecule has 94 valence electrons. The van der Waals surface area contributed by atoms with Crippen LogP contribution in [0.25, 0.3) is 0 Å². The van der Waals surface area contributed by atoms with Crippen LogP contribution in [-0.4, -0.2) is 0 Å². The molecule has 0 aliphatic carbocycles. The Bertz CT molecular complexity index is 554. The van der Waals surface area contributed by atoms with Crippen LogP contribution in [0.5, 0.6) is 0 Å². The summed E-state index contributed by atoms with van der Waals surface area (Å²) in [5.74, 6) is -0.285. The van der Waals surface area contributed by atoms with E-state index in [-0.39, 0.29) is 11.2 Å². The molecule has 2 aromatic carbocycles. The molecule has 0 heterocycles. The molecule has 0 nitrogen and oxygen atoms in total. The van der Waals surface area contributed by atoms with Crippen molar-refractivity contribution in [3.05, 3.63) is 69.5 Å². The number of benzene rings is 2. The molecule has 2 rings (SSSR count). The molecule has 1 unspecified atom stereocenters. The fourth-order valence-electron chi connectivity index (χ4n) is 1.69. The van der Waals surface area contributed by atoms with Crippen LogP contribution >= 0.6 is 34.8 Å². The van der Waals surface area contributed by atoms with Crippen molar-refractivity contribution >= 4 is 34.8 Å². The Morgan fingerprint density at radius 2 is 1.78 bits per heavy atom. The van der Waals surface area contributed by atoms with Gasteiger partial charge in [-0.15, -0.1) is 11.6 Å². The number of hydrogen-bond acceptors (Lipinski definition) is 0. The first kappa shape index (κ1) is 13.7. The fraction of sp³-hybridized carbons (Fsp3) is 0.143. The molecule has 0 saturated carbocycles. The van der Waals surface area contributed by atoms with E-state index in [0.717, 1.165) is 11.1 Å². The molecule has 0 aliphatic heterocycles. The van der Waals surface area contributed by atoms with Crippen LogP contribution < -0.4 is 0 Å². The van der Waals surface area contributed by atoms with Crippen molar-refractivity contribution in [3.63, 3.8) is 0 Å². The van der Waals surface area contributed by atoms with Gasteiger partial charge in [-0.05, 0) is 41.8 Å². The number of rotatable bonds is 3. The van der Waals surface area contributed by atoms with E-state index in [0.29, 0.717) is 16.5 Å². The van der Waals surface area contributed by atoms with E-state index in [1.807, 2.05) is 6.07 Å². The van der Waals surface area contributed by atoms with Gasteiger partial charge in [-0.3, -0.25) is 0 Å². The molecule has 0 bridgehead atoms. The lowest BCUT2D eigenvalue weighted by atomic mass is 10.0. The van der Waals surface area contributed by atoms with E-state index in [1.54, 1.807) is 24.3 Å². The van der Waals surface area contributed by atoms with Gasteiger partial charge in [0.15, 0.2) is 0 Å². The lowest BCUT2D eigenvalue weighted by molar-refractivity contribution is 0.624. The van der Waals surface area contributed by atoms with Gasteiger partial charge >= 0.3 is 0 Å². The van der Waals surface area contributed by atoms with Crippen molar-refractivity contribution in [2.24, 2.45) is 0 Å². The van der Waals surface area contributed by atoms with Gasteiger partial charge in [0.25, 0.3) is 0 Å². The predicted molar refractivity (Wildman–Crippen MR) is 75.2 cm³/mol. The maximum absolute atomic E-state index is 13.1. The number of hydrogen-bond donors (Lipinski definition) is 0. The Kier molecular flexibility index (Phi) is 4.50. The van der Waals surface area contributed by atoms with Crippen molar-refractivity contribution in [1.82, 2.24) is 0 Å². The molecule has 0 saturated heterocycles. The average molecular weight is 304 g/mol. The van der Waals surface area contributed by atoms with Crippen LogP contribution in [-0.2, 0) is 6.42 Å². The number of alkyl halides is 1. The Hall–Kier alpha value is -0.760. The predicted octanol–water partition coefficient (Wildman–Crippen LogP) is 5.66. The van der Waals surface area contributed by atoms with Gasteiger partial charge in [0.05, 0.1) is 15.4 Å². The van der Waals surface area contributed by atoms with Crippen molar-refractivity contribution in [2.45, 2.75) is 11.8 Å². The fourth-order valence-corrected chi connectivity index (χ4v) is 2.33. The van der Waals surface area contributed by atoms with E-state index in [9.17, 15) is 4.39 Å². The molecule has 1 atom stereocenters. The summed E-state index contributed by atoms with van der Waals surface area (Å²) >= 11 is 18.0. The summed E-state index contributed by atoms with van der Waals surface area (Å²) in [6.07, 6.45) is 0.571. The van der Waals surface area contributed by atoms with E-state index < -0.39 is 0 Å². The minimum absolute atomic E-state index is 0.285. The molecule has 0 N–H and O–H groups in total. The summed E-state index contributed by atoms with van der Waals surface area (Å²) in [5.41, 5.74) is 1.72. The Morgan fingerprint density at radius 3 is 2.44 bits per heavy atom. The van der Waals surface area contributed by atoms with Gasteiger partial charge < -0.3 is 0 Å². The first-order valence-electron chi connectivity index (χ1n) is 5.40. The van der Waals surface area contributed by atoms with Crippen LogP contribution in [0, 0.1) is 5.82 Å². The summed E-state index contributed by atoms with van der Waals surface area (Å²) in [6, 6.07) is 11.7. The third-order valence-electron chi connectivity index (χ3n) is 2.61. The van der Waals surface area contributed by atoms with Crippen molar-refractivity contribution < 1.29 is 4.39 Å². The smallest absolute Gasteiger partial charge is 0.123 e. The van der Waals surface area contributed by atoms with E-state index in [2.05, 4.69) is 0 Å². The molecule has 4 heteroatoms. The van der Waals surface area contributed by atoms with Gasteiger partial charge in [0.1, 0.15) is 5.82 Å². The van der Waals surface area contributed by atoms with Gasteiger partial charge in [-0.2, -0.15) is 0 Å². The third kappa shape index (κ3) is 3.38. The highest BCUT2D eigenvalue weighted by atomic mass is 35.5. The zero-order valence-electron chi connectivity index (χ0n) is 9.34. The summed E-state index contributed by atoms with van der Waals surface area (Å²) in [6.45, 7) is 0. The summed E-state index contributed by atoms with van der Waals surface area (Å²) < 4.78 is 13.1. The van der Waals surface area contributed by atoms with Crippen molar-refractivity contribution in [1.29, 1.82) is 0 Å². The Balaban J connectivity index is 2.16. The van der Waals surface area contributed by atoms with Gasteiger partial charge in [0.2, 0.25) is 0 Å². The molecule has 0 spiro atoms. The van der Waals surface area contributed by atoms with Crippen LogP contribution in [0.4, 0.5) is 4.39 Å². The number of halogens is 4. The molecule has 18 heavy (non-hydrogen) atoms. The average Bonchev–Trinajstić information content (AvgIpc) is 2.34. The van der Waals surface area contributed by atoms with Gasteiger partial charge in [-0.1, -0.05) is 41.4 Å². The summed E-state index contributed by atoms with van der Waals surface area (Å²) in [5, 5.41) is 0.715. The van der Waals surface area contributed by atoms with Crippen LogP contribution in [0.2, 0.25) is 10.0 Å². The Morgan fingerprint density at radius 1 is 1.00 bits per heavy atom. The lowest BCUT2D eigenvalue weighted by Crippen LogP contribution is -1.96. The van der Waals surface area contributed by atoms with Crippen molar-refractivity contribution in [3.8, 4) is 0 Å². The first-order chi connectivity index (χ1) is 8.56.